The fourth-order valence-electron chi connectivity index (χ4n) is 1.70. The molecular weight excluding hydrogens is 254 g/mol. The Bertz CT molecular complexity index is 639. The summed E-state index contributed by atoms with van der Waals surface area (Å²) in [5, 5.41) is 9.32. The van der Waals surface area contributed by atoms with E-state index in [4.69, 9.17) is 5.73 Å². The minimum atomic E-state index is -0.263. The Morgan fingerprint density at radius 3 is 3.00 bits per heavy atom. The van der Waals surface area contributed by atoms with E-state index < -0.39 is 0 Å². The van der Waals surface area contributed by atoms with E-state index >= 15 is 0 Å². The van der Waals surface area contributed by atoms with Gasteiger partial charge in [-0.15, -0.1) is 0 Å². The smallest absolute Gasteiger partial charge is 0.253 e. The highest BCUT2D eigenvalue weighted by atomic mass is 16.1. The van der Waals surface area contributed by atoms with Crippen LogP contribution in [-0.4, -0.2) is 27.6 Å². The first-order chi connectivity index (χ1) is 9.72. The summed E-state index contributed by atoms with van der Waals surface area (Å²) in [6.45, 7) is 2.08. The van der Waals surface area contributed by atoms with Gasteiger partial charge in [0.05, 0.1) is 18.2 Å². The van der Waals surface area contributed by atoms with Crippen molar-refractivity contribution in [2.24, 2.45) is 5.73 Å². The SMILES string of the molecule is CC(NC(=O)c1ccccc1C#CCN)c1ncn[nH]1. The molecule has 102 valence electrons. The molecule has 4 N–H and O–H groups in total. The zero-order valence-corrected chi connectivity index (χ0v) is 11.1. The van der Waals surface area contributed by atoms with Crippen molar-refractivity contribution < 1.29 is 4.79 Å². The average Bonchev–Trinajstić information content (AvgIpc) is 2.99. The van der Waals surface area contributed by atoms with Gasteiger partial charge >= 0.3 is 0 Å². The van der Waals surface area contributed by atoms with Crippen molar-refractivity contribution in [3.63, 3.8) is 0 Å². The molecule has 1 aromatic heterocycles. The van der Waals surface area contributed by atoms with Crippen LogP contribution in [0.5, 0.6) is 0 Å². The summed E-state index contributed by atoms with van der Waals surface area (Å²) in [7, 11) is 0. The van der Waals surface area contributed by atoms with Crippen LogP contribution in [0, 0.1) is 11.8 Å². The van der Waals surface area contributed by atoms with Crippen LogP contribution >= 0.6 is 0 Å². The van der Waals surface area contributed by atoms with Crippen LogP contribution in [0.15, 0.2) is 30.6 Å². The van der Waals surface area contributed by atoms with Crippen molar-refractivity contribution in [2.75, 3.05) is 6.54 Å². The minimum absolute atomic E-state index is 0.212. The lowest BCUT2D eigenvalue weighted by atomic mass is 10.1. The van der Waals surface area contributed by atoms with Crippen LogP contribution in [0.2, 0.25) is 0 Å². The number of aromatic nitrogens is 3. The van der Waals surface area contributed by atoms with Crippen LogP contribution < -0.4 is 11.1 Å². The van der Waals surface area contributed by atoms with E-state index in [1.165, 1.54) is 6.33 Å². The summed E-state index contributed by atoms with van der Waals surface area (Å²) in [6.07, 6.45) is 1.40. The monoisotopic (exact) mass is 269 g/mol. The number of nitrogens with two attached hydrogens (primary N) is 1. The molecule has 6 heteroatoms. The lowest BCUT2D eigenvalue weighted by molar-refractivity contribution is 0.0938. The number of nitrogens with zero attached hydrogens (tertiary/aromatic N) is 2. The minimum Gasteiger partial charge on any atom is -0.342 e. The number of H-pyrrole nitrogens is 1. The number of aromatic amines is 1. The number of rotatable bonds is 3. The first-order valence-electron chi connectivity index (χ1n) is 6.16. The van der Waals surface area contributed by atoms with Gasteiger partial charge in [-0.1, -0.05) is 24.0 Å². The van der Waals surface area contributed by atoms with E-state index in [0.717, 1.165) is 0 Å². The summed E-state index contributed by atoms with van der Waals surface area (Å²) >= 11 is 0. The van der Waals surface area contributed by atoms with Gasteiger partial charge in [-0.2, -0.15) is 5.10 Å². The van der Waals surface area contributed by atoms with Crippen LogP contribution in [0.4, 0.5) is 0 Å². The molecule has 0 fully saturated rings. The largest absolute Gasteiger partial charge is 0.342 e. The summed E-state index contributed by atoms with van der Waals surface area (Å²) in [5.74, 6) is 6.03. The molecule has 6 nitrogen and oxygen atoms in total. The van der Waals surface area contributed by atoms with E-state index in [1.807, 2.05) is 13.0 Å². The Hall–Kier alpha value is -2.65. The number of nitrogens with one attached hydrogen (secondary N) is 2. The van der Waals surface area contributed by atoms with E-state index in [0.29, 0.717) is 17.0 Å². The van der Waals surface area contributed by atoms with Gasteiger partial charge in [-0.25, -0.2) is 4.98 Å². The lowest BCUT2D eigenvalue weighted by Gasteiger charge is -2.11. The van der Waals surface area contributed by atoms with Crippen molar-refractivity contribution in [1.29, 1.82) is 0 Å². The fraction of sp³-hybridized carbons (Fsp3) is 0.214. The third-order valence-corrected chi connectivity index (χ3v) is 2.69. The highest BCUT2D eigenvalue weighted by Crippen LogP contribution is 2.10. The standard InChI is InChI=1S/C14H15N5O/c1-10(13-16-9-17-19-13)18-14(20)12-7-3-2-5-11(12)6-4-8-15/h2-3,5,7,9-10H,8,15H2,1H3,(H,18,20)(H,16,17,19). The lowest BCUT2D eigenvalue weighted by Crippen LogP contribution is -2.28. The summed E-state index contributed by atoms with van der Waals surface area (Å²) in [6, 6.07) is 6.87. The predicted octanol–water partition coefficient (Wildman–Crippen LogP) is 0.606. The molecule has 2 aromatic rings. The van der Waals surface area contributed by atoms with E-state index in [1.54, 1.807) is 18.2 Å². The molecule has 0 spiro atoms. The molecule has 0 radical (unpaired) electrons. The molecule has 0 aliphatic heterocycles. The van der Waals surface area contributed by atoms with Gasteiger partial charge in [0.25, 0.3) is 5.91 Å². The quantitative estimate of drug-likeness (QED) is 0.711. The molecule has 1 atom stereocenters. The molecule has 1 heterocycles. The Labute approximate surface area is 116 Å². The zero-order chi connectivity index (χ0) is 14.4. The molecule has 1 unspecified atom stereocenters. The molecule has 0 saturated carbocycles. The molecular formula is C14H15N5O. The van der Waals surface area contributed by atoms with Gasteiger partial charge in [-0.3, -0.25) is 9.89 Å². The summed E-state index contributed by atoms with van der Waals surface area (Å²) in [5.41, 5.74) is 6.52. The molecule has 1 aromatic carbocycles. The summed E-state index contributed by atoms with van der Waals surface area (Å²) in [4.78, 5) is 16.3. The highest BCUT2D eigenvalue weighted by molar-refractivity contribution is 5.96. The van der Waals surface area contributed by atoms with Gasteiger partial charge < -0.3 is 11.1 Å². The maximum absolute atomic E-state index is 12.3. The predicted molar refractivity (Wildman–Crippen MR) is 74.6 cm³/mol. The van der Waals surface area contributed by atoms with Crippen molar-refractivity contribution in [1.82, 2.24) is 20.5 Å². The fourth-order valence-corrected chi connectivity index (χ4v) is 1.70. The zero-order valence-electron chi connectivity index (χ0n) is 11.1. The van der Waals surface area contributed by atoms with Crippen LogP contribution in [0.1, 0.15) is 34.7 Å². The van der Waals surface area contributed by atoms with Gasteiger partial charge in [-0.05, 0) is 19.1 Å². The number of carbonyl (C=O) groups is 1. The number of benzene rings is 1. The molecule has 0 aliphatic rings. The van der Waals surface area contributed by atoms with Crippen LogP contribution in [0.25, 0.3) is 0 Å². The second-order valence-electron chi connectivity index (χ2n) is 4.12. The topological polar surface area (TPSA) is 96.7 Å². The average molecular weight is 269 g/mol. The van der Waals surface area contributed by atoms with E-state index in [9.17, 15) is 4.79 Å². The van der Waals surface area contributed by atoms with Gasteiger partial charge in [0.1, 0.15) is 12.2 Å². The normalized spacial score (nSPS) is 11.3. The van der Waals surface area contributed by atoms with Crippen LogP contribution in [0.3, 0.4) is 0 Å². The Kier molecular flexibility index (Phi) is 4.47. The van der Waals surface area contributed by atoms with Crippen molar-refractivity contribution in [2.45, 2.75) is 13.0 Å². The van der Waals surface area contributed by atoms with Gasteiger partial charge in [0.15, 0.2) is 0 Å². The maximum atomic E-state index is 12.3. The Balaban J connectivity index is 2.17. The molecule has 0 bridgehead atoms. The van der Waals surface area contributed by atoms with E-state index in [2.05, 4.69) is 32.3 Å². The second kappa shape index (κ2) is 6.50. The Morgan fingerprint density at radius 1 is 1.50 bits per heavy atom. The number of amides is 1. The Morgan fingerprint density at radius 2 is 2.30 bits per heavy atom. The number of carbonyl (C=O) groups excluding carboxylic acids is 1. The maximum Gasteiger partial charge on any atom is 0.253 e. The first-order valence-corrected chi connectivity index (χ1v) is 6.16. The summed E-state index contributed by atoms with van der Waals surface area (Å²) < 4.78 is 0. The van der Waals surface area contributed by atoms with E-state index in [-0.39, 0.29) is 18.5 Å². The number of hydrogen-bond donors (Lipinski definition) is 3. The van der Waals surface area contributed by atoms with Crippen LogP contribution in [-0.2, 0) is 0 Å². The van der Waals surface area contributed by atoms with Gasteiger partial charge in [0.2, 0.25) is 0 Å². The molecule has 2 rings (SSSR count). The van der Waals surface area contributed by atoms with Crippen molar-refractivity contribution in [3.05, 3.63) is 47.5 Å². The highest BCUT2D eigenvalue weighted by Gasteiger charge is 2.15. The molecule has 0 saturated heterocycles. The second-order valence-corrected chi connectivity index (χ2v) is 4.12. The molecule has 0 aliphatic carbocycles. The third kappa shape index (κ3) is 3.22. The van der Waals surface area contributed by atoms with Gasteiger partial charge in [0, 0.05) is 5.56 Å². The third-order valence-electron chi connectivity index (χ3n) is 2.69. The molecule has 20 heavy (non-hydrogen) atoms. The number of hydrogen-bond acceptors (Lipinski definition) is 4. The van der Waals surface area contributed by atoms with Crippen molar-refractivity contribution >= 4 is 5.91 Å². The molecule has 1 amide bonds. The first kappa shape index (κ1) is 13.8. The van der Waals surface area contributed by atoms with Crippen molar-refractivity contribution in [3.8, 4) is 11.8 Å².